The van der Waals surface area contributed by atoms with Gasteiger partial charge in [-0.25, -0.2) is 4.39 Å². The van der Waals surface area contributed by atoms with Gasteiger partial charge >= 0.3 is 5.97 Å². The topological polar surface area (TPSA) is 35.5 Å². The lowest BCUT2D eigenvalue weighted by atomic mass is 10.1. The summed E-state index contributed by atoms with van der Waals surface area (Å²) in [6.45, 7) is 0.309. The third kappa shape index (κ3) is 5.66. The van der Waals surface area contributed by atoms with Crippen LogP contribution in [0.3, 0.4) is 0 Å². The maximum absolute atomic E-state index is 13.4. The van der Waals surface area contributed by atoms with Crippen molar-refractivity contribution in [2.24, 2.45) is 0 Å². The van der Waals surface area contributed by atoms with E-state index in [1.54, 1.807) is 6.07 Å². The Morgan fingerprint density at radius 2 is 2.32 bits per heavy atom. The Kier molecular flexibility index (Phi) is 6.83. The number of rotatable bonds is 7. The van der Waals surface area contributed by atoms with Crippen LogP contribution in [-0.2, 0) is 16.0 Å². The Morgan fingerprint density at radius 1 is 1.53 bits per heavy atom. The van der Waals surface area contributed by atoms with Gasteiger partial charge in [-0.3, -0.25) is 4.79 Å². The smallest absolute Gasteiger partial charge is 0.310 e. The van der Waals surface area contributed by atoms with Gasteiger partial charge < -0.3 is 9.47 Å². The van der Waals surface area contributed by atoms with Crippen molar-refractivity contribution in [1.82, 2.24) is 0 Å². The number of carbonyl (C=O) groups is 1. The van der Waals surface area contributed by atoms with E-state index in [1.807, 2.05) is 0 Å². The molecule has 1 aromatic rings. The Hall–Kier alpha value is -1.67. The molecule has 0 radical (unpaired) electrons. The quantitative estimate of drug-likeness (QED) is 0.437. The van der Waals surface area contributed by atoms with Gasteiger partial charge in [0.05, 0.1) is 19.3 Å². The molecule has 5 heteroatoms. The predicted octanol–water partition coefficient (Wildman–Crippen LogP) is 2.29. The number of terminal acetylenes is 1. The third-order valence-electron chi connectivity index (χ3n) is 2.24. The van der Waals surface area contributed by atoms with E-state index < -0.39 is 5.82 Å². The SMILES string of the molecule is C#CCSCCOC(=O)Cc1ccc(OC)c(F)c1. The summed E-state index contributed by atoms with van der Waals surface area (Å²) in [6.07, 6.45) is 5.13. The maximum atomic E-state index is 13.4. The van der Waals surface area contributed by atoms with E-state index in [0.717, 1.165) is 0 Å². The van der Waals surface area contributed by atoms with Crippen LogP contribution in [0.15, 0.2) is 18.2 Å². The highest BCUT2D eigenvalue weighted by Gasteiger charge is 2.08. The van der Waals surface area contributed by atoms with Gasteiger partial charge in [-0.2, -0.15) is 0 Å². The molecule has 0 fully saturated rings. The summed E-state index contributed by atoms with van der Waals surface area (Å²) in [4.78, 5) is 11.5. The van der Waals surface area contributed by atoms with Crippen molar-refractivity contribution in [2.75, 3.05) is 25.2 Å². The highest BCUT2D eigenvalue weighted by Crippen LogP contribution is 2.18. The van der Waals surface area contributed by atoms with Gasteiger partial charge in [-0.1, -0.05) is 12.0 Å². The molecule has 0 heterocycles. The van der Waals surface area contributed by atoms with Crippen molar-refractivity contribution >= 4 is 17.7 Å². The summed E-state index contributed by atoms with van der Waals surface area (Å²) in [5.41, 5.74) is 0.555. The summed E-state index contributed by atoms with van der Waals surface area (Å²) >= 11 is 1.52. The summed E-state index contributed by atoms with van der Waals surface area (Å²) in [5, 5.41) is 0. The van der Waals surface area contributed by atoms with Gasteiger partial charge in [0.25, 0.3) is 0 Å². The third-order valence-corrected chi connectivity index (χ3v) is 3.07. The normalized spacial score (nSPS) is 9.74. The van der Waals surface area contributed by atoms with E-state index in [0.29, 0.717) is 23.7 Å². The van der Waals surface area contributed by atoms with Crippen LogP contribution < -0.4 is 4.74 Å². The number of hydrogen-bond acceptors (Lipinski definition) is 4. The molecule has 0 aliphatic heterocycles. The minimum atomic E-state index is -0.489. The monoisotopic (exact) mass is 282 g/mol. The largest absolute Gasteiger partial charge is 0.494 e. The molecule has 0 aromatic heterocycles. The molecule has 0 bridgehead atoms. The number of esters is 1. The fraction of sp³-hybridized carbons (Fsp3) is 0.357. The fourth-order valence-electron chi connectivity index (χ4n) is 1.38. The number of methoxy groups -OCH3 is 1. The molecule has 0 aliphatic rings. The molecule has 0 amide bonds. The highest BCUT2D eigenvalue weighted by atomic mass is 32.2. The van der Waals surface area contributed by atoms with E-state index in [9.17, 15) is 9.18 Å². The minimum absolute atomic E-state index is 0.0424. The average molecular weight is 282 g/mol. The molecule has 1 rings (SSSR count). The van der Waals surface area contributed by atoms with Crippen molar-refractivity contribution in [3.8, 4) is 18.1 Å². The molecule has 0 saturated heterocycles. The van der Waals surface area contributed by atoms with Gasteiger partial charge in [-0.15, -0.1) is 18.2 Å². The zero-order chi connectivity index (χ0) is 14.1. The van der Waals surface area contributed by atoms with Crippen molar-refractivity contribution in [3.63, 3.8) is 0 Å². The van der Waals surface area contributed by atoms with Crippen LogP contribution in [-0.4, -0.2) is 31.2 Å². The van der Waals surface area contributed by atoms with Gasteiger partial charge in [-0.05, 0) is 17.7 Å². The number of halogens is 1. The standard InChI is InChI=1S/C14H15FO3S/c1-3-7-19-8-6-18-14(16)10-11-4-5-13(17-2)12(15)9-11/h1,4-5,9H,6-8,10H2,2H3. The molecule has 0 spiro atoms. The van der Waals surface area contributed by atoms with Crippen LogP contribution in [0, 0.1) is 18.2 Å². The number of thioether (sulfide) groups is 1. The van der Waals surface area contributed by atoms with Gasteiger partial charge in [0.15, 0.2) is 11.6 Å². The molecule has 0 unspecified atom stereocenters. The Bertz CT molecular complexity index is 468. The molecule has 0 atom stereocenters. The average Bonchev–Trinajstić information content (AvgIpc) is 2.39. The maximum Gasteiger partial charge on any atom is 0.310 e. The first-order valence-corrected chi connectivity index (χ1v) is 6.82. The molecule has 0 aliphatic carbocycles. The molecule has 0 N–H and O–H groups in total. The molecule has 3 nitrogen and oxygen atoms in total. The first-order valence-electron chi connectivity index (χ1n) is 5.66. The first-order chi connectivity index (χ1) is 9.17. The minimum Gasteiger partial charge on any atom is -0.494 e. The summed E-state index contributed by atoms with van der Waals surface area (Å²) in [6, 6.07) is 4.39. The Labute approximate surface area is 116 Å². The van der Waals surface area contributed by atoms with Crippen LogP contribution >= 0.6 is 11.8 Å². The van der Waals surface area contributed by atoms with Crippen LogP contribution in [0.4, 0.5) is 4.39 Å². The molecule has 19 heavy (non-hydrogen) atoms. The second kappa shape index (κ2) is 8.44. The van der Waals surface area contributed by atoms with Crippen molar-refractivity contribution in [3.05, 3.63) is 29.6 Å². The molecule has 1 aromatic carbocycles. The lowest BCUT2D eigenvalue weighted by Gasteiger charge is -2.06. The van der Waals surface area contributed by atoms with Crippen LogP contribution in [0.5, 0.6) is 5.75 Å². The first kappa shape index (κ1) is 15.4. The van der Waals surface area contributed by atoms with E-state index in [-0.39, 0.29) is 18.1 Å². The summed E-state index contributed by atoms with van der Waals surface area (Å²) < 4.78 is 23.2. The highest BCUT2D eigenvalue weighted by molar-refractivity contribution is 7.99. The van der Waals surface area contributed by atoms with Crippen LogP contribution in [0.1, 0.15) is 5.56 Å². The van der Waals surface area contributed by atoms with Crippen molar-refractivity contribution in [2.45, 2.75) is 6.42 Å². The lowest BCUT2D eigenvalue weighted by molar-refractivity contribution is -0.142. The summed E-state index contributed by atoms with van der Waals surface area (Å²) in [5.74, 6) is 3.02. The summed E-state index contributed by atoms with van der Waals surface area (Å²) in [7, 11) is 1.39. The van der Waals surface area contributed by atoms with Crippen molar-refractivity contribution in [1.29, 1.82) is 0 Å². The van der Waals surface area contributed by atoms with Crippen LogP contribution in [0.25, 0.3) is 0 Å². The molecular formula is C14H15FO3S. The molecule has 102 valence electrons. The van der Waals surface area contributed by atoms with Crippen LogP contribution in [0.2, 0.25) is 0 Å². The zero-order valence-electron chi connectivity index (χ0n) is 10.6. The lowest BCUT2D eigenvalue weighted by Crippen LogP contribution is -2.10. The van der Waals surface area contributed by atoms with Gasteiger partial charge in [0.2, 0.25) is 0 Å². The van der Waals surface area contributed by atoms with E-state index >= 15 is 0 Å². The predicted molar refractivity (Wildman–Crippen MR) is 73.8 cm³/mol. The number of carbonyl (C=O) groups excluding carboxylic acids is 1. The van der Waals surface area contributed by atoms with E-state index in [4.69, 9.17) is 15.9 Å². The van der Waals surface area contributed by atoms with E-state index in [2.05, 4.69) is 5.92 Å². The van der Waals surface area contributed by atoms with Gasteiger partial charge in [0, 0.05) is 5.75 Å². The fourth-order valence-corrected chi connectivity index (χ4v) is 1.85. The number of benzene rings is 1. The second-order valence-electron chi connectivity index (χ2n) is 3.62. The zero-order valence-corrected chi connectivity index (χ0v) is 11.5. The number of hydrogen-bond donors (Lipinski definition) is 0. The van der Waals surface area contributed by atoms with Crippen molar-refractivity contribution < 1.29 is 18.7 Å². The Balaban J connectivity index is 2.36. The van der Waals surface area contributed by atoms with Gasteiger partial charge in [0.1, 0.15) is 6.61 Å². The Morgan fingerprint density at radius 3 is 2.95 bits per heavy atom. The molecular weight excluding hydrogens is 267 g/mol. The van der Waals surface area contributed by atoms with E-state index in [1.165, 1.54) is 31.0 Å². The molecule has 0 saturated carbocycles. The number of ether oxygens (including phenoxy) is 2. The second-order valence-corrected chi connectivity index (χ2v) is 4.73.